The van der Waals surface area contributed by atoms with Gasteiger partial charge in [0.2, 0.25) is 11.8 Å². The molecule has 26 heavy (non-hydrogen) atoms. The van der Waals surface area contributed by atoms with Crippen LogP contribution in [0.4, 0.5) is 0 Å². The van der Waals surface area contributed by atoms with Crippen LogP contribution in [0.25, 0.3) is 11.5 Å². The Bertz CT molecular complexity index is 912. The molecule has 0 saturated heterocycles. The molecule has 1 aromatic carbocycles. The molecule has 4 aromatic rings. The highest BCUT2D eigenvalue weighted by atomic mass is 79.9. The van der Waals surface area contributed by atoms with Gasteiger partial charge in [0.05, 0.1) is 37.7 Å². The number of benzene rings is 1. The Morgan fingerprint density at radius 2 is 1.50 bits per heavy atom. The minimum atomic E-state index is 0.485. The molecule has 0 aliphatic heterocycles. The van der Waals surface area contributed by atoms with E-state index >= 15 is 0 Å². The average Bonchev–Trinajstić information content (AvgIpc) is 3.38. The summed E-state index contributed by atoms with van der Waals surface area (Å²) < 4.78 is 17.7. The molecule has 0 aliphatic rings. The van der Waals surface area contributed by atoms with Gasteiger partial charge in [-0.2, -0.15) is 0 Å². The maximum atomic E-state index is 5.86. The molecule has 7 heteroatoms. The molecule has 4 rings (SSSR count). The third-order valence-electron chi connectivity index (χ3n) is 3.85. The number of hydrogen-bond acceptors (Lipinski definition) is 6. The molecule has 6 nitrogen and oxygen atoms in total. The lowest BCUT2D eigenvalue weighted by atomic mass is 10.2. The fraction of sp³-hybridized carbons (Fsp3) is 0.158. The van der Waals surface area contributed by atoms with Crippen LogP contribution < -0.4 is 0 Å². The van der Waals surface area contributed by atoms with E-state index in [0.29, 0.717) is 31.4 Å². The van der Waals surface area contributed by atoms with E-state index in [1.54, 1.807) is 12.5 Å². The van der Waals surface area contributed by atoms with Gasteiger partial charge in [0.25, 0.3) is 0 Å². The van der Waals surface area contributed by atoms with E-state index in [1.165, 1.54) is 0 Å². The number of hydrogen-bond donors (Lipinski definition) is 0. The van der Waals surface area contributed by atoms with Gasteiger partial charge in [-0.3, -0.25) is 4.90 Å². The predicted molar refractivity (Wildman–Crippen MR) is 97.8 cm³/mol. The maximum Gasteiger partial charge on any atom is 0.248 e. The summed E-state index contributed by atoms with van der Waals surface area (Å²) in [5, 5.41) is 8.37. The van der Waals surface area contributed by atoms with E-state index in [2.05, 4.69) is 31.0 Å². The Hall–Kier alpha value is -2.64. The minimum Gasteiger partial charge on any atom is -0.468 e. The third-order valence-corrected chi connectivity index (χ3v) is 4.54. The summed E-state index contributed by atoms with van der Waals surface area (Å²) in [6.45, 7) is 1.71. The number of aromatic nitrogens is 2. The molecule has 0 bridgehead atoms. The van der Waals surface area contributed by atoms with Crippen molar-refractivity contribution in [3.63, 3.8) is 0 Å². The van der Waals surface area contributed by atoms with Crippen LogP contribution in [0.3, 0.4) is 0 Å². The van der Waals surface area contributed by atoms with Gasteiger partial charge in [0, 0.05) is 4.47 Å². The molecular formula is C19H16BrN3O3. The lowest BCUT2D eigenvalue weighted by Gasteiger charge is -2.17. The highest BCUT2D eigenvalue weighted by molar-refractivity contribution is 9.10. The molecule has 3 heterocycles. The average molecular weight is 414 g/mol. The first-order chi connectivity index (χ1) is 12.8. The molecule has 132 valence electrons. The van der Waals surface area contributed by atoms with Crippen LogP contribution in [0.15, 0.2) is 78.8 Å². The SMILES string of the molecule is Brc1ccccc1-c1nnc(CN(Cc2ccco2)Cc2ccco2)o1. The third kappa shape index (κ3) is 3.95. The fourth-order valence-corrected chi connectivity index (χ4v) is 3.12. The molecule has 0 aliphatic carbocycles. The summed E-state index contributed by atoms with van der Waals surface area (Å²) in [5.41, 5.74) is 0.870. The zero-order valence-electron chi connectivity index (χ0n) is 13.8. The van der Waals surface area contributed by atoms with E-state index in [9.17, 15) is 0 Å². The Morgan fingerprint density at radius 3 is 2.12 bits per heavy atom. The lowest BCUT2D eigenvalue weighted by molar-refractivity contribution is 0.191. The molecule has 0 N–H and O–H groups in total. The van der Waals surface area contributed by atoms with Gasteiger partial charge in [-0.25, -0.2) is 0 Å². The molecule has 0 saturated carbocycles. The zero-order chi connectivity index (χ0) is 17.8. The van der Waals surface area contributed by atoms with Crippen molar-refractivity contribution in [1.29, 1.82) is 0 Å². The smallest absolute Gasteiger partial charge is 0.248 e. The predicted octanol–water partition coefficient (Wildman–Crippen LogP) is 4.89. The van der Waals surface area contributed by atoms with Crippen molar-refractivity contribution >= 4 is 15.9 Å². The van der Waals surface area contributed by atoms with Crippen LogP contribution in [-0.2, 0) is 19.6 Å². The molecule has 0 radical (unpaired) electrons. The van der Waals surface area contributed by atoms with Gasteiger partial charge < -0.3 is 13.3 Å². The van der Waals surface area contributed by atoms with E-state index < -0.39 is 0 Å². The first kappa shape index (κ1) is 16.8. The maximum absolute atomic E-state index is 5.86. The number of nitrogens with zero attached hydrogens (tertiary/aromatic N) is 3. The Morgan fingerprint density at radius 1 is 0.808 bits per heavy atom. The van der Waals surface area contributed by atoms with Crippen LogP contribution in [0, 0.1) is 0 Å². The number of rotatable bonds is 7. The van der Waals surface area contributed by atoms with Crippen molar-refractivity contribution in [3.05, 3.63) is 82.9 Å². The Kier molecular flexibility index (Phi) is 4.99. The molecular weight excluding hydrogens is 398 g/mol. The van der Waals surface area contributed by atoms with E-state index in [0.717, 1.165) is 21.6 Å². The molecule has 3 aromatic heterocycles. The largest absolute Gasteiger partial charge is 0.468 e. The summed E-state index contributed by atoms with van der Waals surface area (Å²) in [7, 11) is 0. The quantitative estimate of drug-likeness (QED) is 0.429. The Balaban J connectivity index is 1.52. The second-order valence-corrected chi connectivity index (χ2v) is 6.64. The van der Waals surface area contributed by atoms with Crippen molar-refractivity contribution in [2.75, 3.05) is 0 Å². The second kappa shape index (κ2) is 7.72. The van der Waals surface area contributed by atoms with Crippen molar-refractivity contribution in [3.8, 4) is 11.5 Å². The van der Waals surface area contributed by atoms with Gasteiger partial charge in [-0.05, 0) is 52.3 Å². The van der Waals surface area contributed by atoms with Gasteiger partial charge in [0.1, 0.15) is 11.5 Å². The number of furan rings is 2. The van der Waals surface area contributed by atoms with Crippen LogP contribution in [0.1, 0.15) is 17.4 Å². The molecule has 0 spiro atoms. The van der Waals surface area contributed by atoms with E-state index in [-0.39, 0.29) is 0 Å². The molecule has 0 fully saturated rings. The van der Waals surface area contributed by atoms with Crippen LogP contribution in [-0.4, -0.2) is 15.1 Å². The summed E-state index contributed by atoms with van der Waals surface area (Å²) in [6, 6.07) is 15.4. The van der Waals surface area contributed by atoms with Gasteiger partial charge in [0.15, 0.2) is 0 Å². The summed E-state index contributed by atoms with van der Waals surface area (Å²) >= 11 is 3.51. The lowest BCUT2D eigenvalue weighted by Crippen LogP contribution is -2.22. The van der Waals surface area contributed by atoms with E-state index in [1.807, 2.05) is 48.5 Å². The summed E-state index contributed by atoms with van der Waals surface area (Å²) in [6.07, 6.45) is 3.33. The molecule has 0 unspecified atom stereocenters. The first-order valence-corrected chi connectivity index (χ1v) is 8.91. The minimum absolute atomic E-state index is 0.485. The van der Waals surface area contributed by atoms with Crippen LogP contribution in [0.5, 0.6) is 0 Å². The van der Waals surface area contributed by atoms with Gasteiger partial charge in [-0.15, -0.1) is 10.2 Å². The van der Waals surface area contributed by atoms with Crippen molar-refractivity contribution in [1.82, 2.24) is 15.1 Å². The second-order valence-electron chi connectivity index (χ2n) is 5.78. The van der Waals surface area contributed by atoms with Gasteiger partial charge >= 0.3 is 0 Å². The van der Waals surface area contributed by atoms with Crippen molar-refractivity contribution in [2.45, 2.75) is 19.6 Å². The Labute approximate surface area is 158 Å². The monoisotopic (exact) mass is 413 g/mol. The first-order valence-electron chi connectivity index (χ1n) is 8.12. The molecule has 0 amide bonds. The van der Waals surface area contributed by atoms with E-state index in [4.69, 9.17) is 13.3 Å². The van der Waals surface area contributed by atoms with Crippen molar-refractivity contribution < 1.29 is 13.3 Å². The summed E-state index contributed by atoms with van der Waals surface area (Å²) in [5.74, 6) is 2.75. The highest BCUT2D eigenvalue weighted by Crippen LogP contribution is 2.27. The zero-order valence-corrected chi connectivity index (χ0v) is 15.4. The highest BCUT2D eigenvalue weighted by Gasteiger charge is 2.17. The standard InChI is InChI=1S/C19H16BrN3O3/c20-17-8-2-1-7-16(17)19-22-21-18(26-19)13-23(11-14-5-3-9-24-14)12-15-6-4-10-25-15/h1-10H,11-13H2. The molecule has 0 atom stereocenters. The summed E-state index contributed by atoms with van der Waals surface area (Å²) in [4.78, 5) is 2.12. The van der Waals surface area contributed by atoms with Crippen molar-refractivity contribution in [2.24, 2.45) is 0 Å². The van der Waals surface area contributed by atoms with Crippen LogP contribution >= 0.6 is 15.9 Å². The van der Waals surface area contributed by atoms with Gasteiger partial charge in [-0.1, -0.05) is 12.1 Å². The topological polar surface area (TPSA) is 68.4 Å². The number of halogens is 1. The normalized spacial score (nSPS) is 11.3. The fourth-order valence-electron chi connectivity index (χ4n) is 2.67. The van der Waals surface area contributed by atoms with Crippen LogP contribution in [0.2, 0.25) is 0 Å².